The Labute approximate surface area is 134 Å². The summed E-state index contributed by atoms with van der Waals surface area (Å²) in [7, 11) is -0.956. The largest absolute Gasteiger partial charge is 0.323 e. The van der Waals surface area contributed by atoms with E-state index < -0.39 is 10.8 Å². The van der Waals surface area contributed by atoms with Crippen LogP contribution < -0.4 is 5.56 Å². The minimum atomic E-state index is -0.956. The summed E-state index contributed by atoms with van der Waals surface area (Å²) in [5.41, 5.74) is 1.18. The molecule has 114 valence electrons. The maximum Gasteiger partial charge on any atom is 0.263 e. The number of aromatic amines is 1. The van der Waals surface area contributed by atoms with Crippen LogP contribution in [-0.2, 0) is 23.6 Å². The summed E-state index contributed by atoms with van der Waals surface area (Å²) in [4.78, 5) is 18.3. The molecule has 2 unspecified atom stereocenters. The van der Waals surface area contributed by atoms with E-state index in [1.807, 2.05) is 6.92 Å². The highest BCUT2D eigenvalue weighted by Crippen LogP contribution is 2.33. The van der Waals surface area contributed by atoms with Gasteiger partial charge in [0.15, 0.2) is 4.77 Å². The van der Waals surface area contributed by atoms with Gasteiger partial charge in [-0.25, -0.2) is 0 Å². The first-order valence-electron chi connectivity index (χ1n) is 7.08. The molecule has 4 nitrogen and oxygen atoms in total. The Morgan fingerprint density at radius 2 is 2.14 bits per heavy atom. The predicted octanol–water partition coefficient (Wildman–Crippen LogP) is 2.94. The average molecular weight is 343 g/mol. The number of thiophene rings is 1. The summed E-state index contributed by atoms with van der Waals surface area (Å²) >= 11 is 7.02. The third kappa shape index (κ3) is 2.66. The highest BCUT2D eigenvalue weighted by atomic mass is 32.2. The molecule has 0 bridgehead atoms. The first kappa shape index (κ1) is 15.1. The molecule has 0 saturated heterocycles. The van der Waals surface area contributed by atoms with Crippen LogP contribution >= 0.6 is 23.6 Å². The molecule has 0 saturated carbocycles. The Hall–Kier alpha value is -0.790. The van der Waals surface area contributed by atoms with Crippen LogP contribution in [0.4, 0.5) is 0 Å². The summed E-state index contributed by atoms with van der Waals surface area (Å²) in [6.45, 7) is 1.90. The van der Waals surface area contributed by atoms with Crippen molar-refractivity contribution in [2.75, 3.05) is 12.0 Å². The Kier molecular flexibility index (Phi) is 4.16. The van der Waals surface area contributed by atoms with Crippen molar-refractivity contribution < 1.29 is 4.21 Å². The van der Waals surface area contributed by atoms with Crippen LogP contribution in [0.3, 0.4) is 0 Å². The van der Waals surface area contributed by atoms with Gasteiger partial charge in [-0.1, -0.05) is 0 Å². The van der Waals surface area contributed by atoms with Gasteiger partial charge in [-0.15, -0.1) is 11.3 Å². The number of rotatable bonds is 3. The molecule has 2 heterocycles. The second-order valence-electron chi connectivity index (χ2n) is 5.61. The predicted molar refractivity (Wildman–Crippen MR) is 91.6 cm³/mol. The Morgan fingerprint density at radius 3 is 2.86 bits per heavy atom. The van der Waals surface area contributed by atoms with Gasteiger partial charge in [-0.2, -0.15) is 0 Å². The molecule has 0 aliphatic heterocycles. The van der Waals surface area contributed by atoms with Crippen LogP contribution in [0, 0.1) is 4.77 Å². The minimum Gasteiger partial charge on any atom is -0.323 e. The van der Waals surface area contributed by atoms with E-state index in [-0.39, 0.29) is 11.6 Å². The highest BCUT2D eigenvalue weighted by Gasteiger charge is 2.21. The fourth-order valence-corrected chi connectivity index (χ4v) is 5.60. The fourth-order valence-electron chi connectivity index (χ4n) is 3.06. The van der Waals surface area contributed by atoms with E-state index in [0.717, 1.165) is 29.5 Å². The van der Waals surface area contributed by atoms with Crippen molar-refractivity contribution in [1.82, 2.24) is 9.55 Å². The number of nitrogens with zero attached hydrogens (tertiary/aromatic N) is 1. The molecule has 1 N–H and O–H groups in total. The van der Waals surface area contributed by atoms with E-state index in [4.69, 9.17) is 12.2 Å². The number of hydrogen-bond donors (Lipinski definition) is 1. The van der Waals surface area contributed by atoms with Crippen LogP contribution in [0.15, 0.2) is 4.79 Å². The molecule has 0 fully saturated rings. The summed E-state index contributed by atoms with van der Waals surface area (Å²) in [5, 5.41) is 0.803. The number of fused-ring (bicyclic) bond motifs is 3. The van der Waals surface area contributed by atoms with Crippen molar-refractivity contribution in [3.05, 3.63) is 25.6 Å². The van der Waals surface area contributed by atoms with E-state index in [0.29, 0.717) is 10.5 Å². The zero-order valence-electron chi connectivity index (χ0n) is 12.1. The molecule has 21 heavy (non-hydrogen) atoms. The number of nitrogens with one attached hydrogen (secondary N) is 1. The zero-order valence-corrected chi connectivity index (χ0v) is 14.6. The van der Waals surface area contributed by atoms with Gasteiger partial charge in [0.2, 0.25) is 0 Å². The van der Waals surface area contributed by atoms with Crippen molar-refractivity contribution in [1.29, 1.82) is 0 Å². The summed E-state index contributed by atoms with van der Waals surface area (Å²) in [6.07, 6.45) is 6.02. The van der Waals surface area contributed by atoms with Gasteiger partial charge in [0.25, 0.3) is 5.56 Å². The smallest absolute Gasteiger partial charge is 0.263 e. The molecular weight excluding hydrogens is 324 g/mol. The minimum absolute atomic E-state index is 0.0221. The Morgan fingerprint density at radius 1 is 1.43 bits per heavy atom. The summed E-state index contributed by atoms with van der Waals surface area (Å²) in [5.74, 6) is 0.440. The van der Waals surface area contributed by atoms with Crippen molar-refractivity contribution in [3.63, 3.8) is 0 Å². The van der Waals surface area contributed by atoms with Crippen molar-refractivity contribution >= 4 is 44.6 Å². The van der Waals surface area contributed by atoms with E-state index in [1.165, 1.54) is 16.9 Å². The third-order valence-corrected chi connectivity index (χ3v) is 6.42. The van der Waals surface area contributed by atoms with Crippen molar-refractivity contribution in [3.8, 4) is 0 Å². The lowest BCUT2D eigenvalue weighted by molar-refractivity contribution is 0.565. The highest BCUT2D eigenvalue weighted by molar-refractivity contribution is 7.84. The molecule has 2 aromatic heterocycles. The first-order chi connectivity index (χ1) is 9.99. The van der Waals surface area contributed by atoms with Crippen molar-refractivity contribution in [2.24, 2.45) is 0 Å². The van der Waals surface area contributed by atoms with E-state index in [2.05, 4.69) is 4.98 Å². The Balaban J connectivity index is 2.25. The second-order valence-corrected chi connectivity index (χ2v) is 8.58. The molecule has 0 aromatic carbocycles. The molecule has 2 aromatic rings. The normalized spacial score (nSPS) is 17.6. The van der Waals surface area contributed by atoms with Crippen LogP contribution in [0.25, 0.3) is 10.2 Å². The fraction of sp³-hybridized carbons (Fsp3) is 0.571. The summed E-state index contributed by atoms with van der Waals surface area (Å²) in [6, 6.07) is -0.157. The lowest BCUT2D eigenvalue weighted by atomic mass is 9.97. The molecule has 3 rings (SSSR count). The SMILES string of the molecule is CC(CS(C)=O)n1c(=S)[nH]c2sc3c(c2c1=O)CCCC3. The molecule has 0 spiro atoms. The van der Waals surface area contributed by atoms with Gasteiger partial charge in [-0.3, -0.25) is 13.6 Å². The lowest BCUT2D eigenvalue weighted by Gasteiger charge is -2.15. The van der Waals surface area contributed by atoms with Gasteiger partial charge in [0.05, 0.1) is 5.39 Å². The van der Waals surface area contributed by atoms with E-state index in [9.17, 15) is 9.00 Å². The quantitative estimate of drug-likeness (QED) is 0.873. The number of H-pyrrole nitrogens is 1. The van der Waals surface area contributed by atoms with E-state index in [1.54, 1.807) is 22.2 Å². The van der Waals surface area contributed by atoms with Crippen molar-refractivity contribution in [2.45, 2.75) is 38.6 Å². The molecule has 0 amide bonds. The standard InChI is InChI=1S/C14H18N2O2S3/c1-8(7-21(2)18)16-13(17)11-9-5-3-4-6-10(9)20-12(11)15-14(16)19/h8H,3-7H2,1-2H3,(H,15,19). The van der Waals surface area contributed by atoms with Crippen LogP contribution in [-0.4, -0.2) is 25.8 Å². The van der Waals surface area contributed by atoms with Crippen LogP contribution in [0.2, 0.25) is 0 Å². The monoisotopic (exact) mass is 342 g/mol. The average Bonchev–Trinajstić information content (AvgIpc) is 2.75. The van der Waals surface area contributed by atoms with Crippen LogP contribution in [0.1, 0.15) is 36.2 Å². The molecular formula is C14H18N2O2S3. The van der Waals surface area contributed by atoms with Gasteiger partial charge in [0, 0.05) is 33.7 Å². The van der Waals surface area contributed by atoms with Gasteiger partial charge in [-0.05, 0) is 50.4 Å². The Bertz CT molecular complexity index is 831. The number of aryl methyl sites for hydroxylation is 2. The molecule has 7 heteroatoms. The topological polar surface area (TPSA) is 54.9 Å². The van der Waals surface area contributed by atoms with Gasteiger partial charge < -0.3 is 4.98 Å². The number of hydrogen-bond acceptors (Lipinski definition) is 4. The molecule has 2 atom stereocenters. The number of aromatic nitrogens is 2. The molecule has 1 aliphatic rings. The maximum absolute atomic E-state index is 12.9. The lowest BCUT2D eigenvalue weighted by Crippen LogP contribution is -2.28. The zero-order chi connectivity index (χ0) is 15.1. The molecule has 0 radical (unpaired) electrons. The first-order valence-corrected chi connectivity index (χ1v) is 10.0. The second kappa shape index (κ2) is 5.78. The van der Waals surface area contributed by atoms with E-state index >= 15 is 0 Å². The summed E-state index contributed by atoms with van der Waals surface area (Å²) < 4.78 is 13.5. The third-order valence-electron chi connectivity index (χ3n) is 3.96. The maximum atomic E-state index is 12.9. The van der Waals surface area contributed by atoms with Gasteiger partial charge >= 0.3 is 0 Å². The van der Waals surface area contributed by atoms with Crippen LogP contribution in [0.5, 0.6) is 0 Å². The molecule has 1 aliphatic carbocycles. The van der Waals surface area contributed by atoms with Gasteiger partial charge in [0.1, 0.15) is 4.83 Å².